The van der Waals surface area contributed by atoms with Crippen LogP contribution in [0.5, 0.6) is 0 Å². The van der Waals surface area contributed by atoms with Gasteiger partial charge in [0.05, 0.1) is 5.69 Å². The Morgan fingerprint density at radius 3 is 2.22 bits per heavy atom. The smallest absolute Gasteiger partial charge is 0.180 e. The second kappa shape index (κ2) is 3.94. The highest BCUT2D eigenvalue weighted by Gasteiger charge is 2.49. The maximum absolute atomic E-state index is 5.90. The number of hydrogen-bond acceptors (Lipinski definition) is 4. The number of anilines is 1. The van der Waals surface area contributed by atoms with Gasteiger partial charge in [0.25, 0.3) is 0 Å². The van der Waals surface area contributed by atoms with Crippen LogP contribution in [-0.2, 0) is 6.54 Å². The summed E-state index contributed by atoms with van der Waals surface area (Å²) >= 11 is 1.60. The van der Waals surface area contributed by atoms with E-state index in [0.29, 0.717) is 17.6 Å². The Labute approximate surface area is 112 Å². The first-order valence-corrected chi connectivity index (χ1v) is 8.01. The molecule has 3 nitrogen and oxygen atoms in total. The van der Waals surface area contributed by atoms with Crippen LogP contribution in [0.4, 0.5) is 5.13 Å². The lowest BCUT2D eigenvalue weighted by Crippen LogP contribution is -2.44. The maximum atomic E-state index is 5.90. The van der Waals surface area contributed by atoms with Crippen molar-refractivity contribution in [2.75, 3.05) is 5.73 Å². The molecule has 4 bridgehead atoms. The zero-order chi connectivity index (χ0) is 12.3. The van der Waals surface area contributed by atoms with E-state index in [0.717, 1.165) is 23.7 Å². The predicted octanol–water partition coefficient (Wildman–Crippen LogP) is 2.72. The number of nitrogen functional groups attached to an aromatic ring is 1. The zero-order valence-electron chi connectivity index (χ0n) is 10.6. The van der Waals surface area contributed by atoms with E-state index in [9.17, 15) is 0 Å². The van der Waals surface area contributed by atoms with Gasteiger partial charge in [0.1, 0.15) is 0 Å². The minimum absolute atomic E-state index is 0.604. The molecule has 18 heavy (non-hydrogen) atoms. The topological polar surface area (TPSA) is 64.9 Å². The first kappa shape index (κ1) is 11.2. The van der Waals surface area contributed by atoms with Gasteiger partial charge in [-0.05, 0) is 55.8 Å². The van der Waals surface area contributed by atoms with Gasteiger partial charge in [0.2, 0.25) is 0 Å². The van der Waals surface area contributed by atoms with Crippen LogP contribution in [0.2, 0.25) is 0 Å². The van der Waals surface area contributed by atoms with E-state index in [2.05, 4.69) is 4.98 Å². The van der Waals surface area contributed by atoms with E-state index >= 15 is 0 Å². The van der Waals surface area contributed by atoms with E-state index in [1.165, 1.54) is 42.7 Å². The molecule has 4 aliphatic rings. The second-order valence-corrected chi connectivity index (χ2v) is 7.64. The lowest BCUT2D eigenvalue weighted by Gasteiger charge is -2.54. The first-order chi connectivity index (χ1) is 8.74. The van der Waals surface area contributed by atoms with Crippen molar-refractivity contribution >= 4 is 16.5 Å². The molecular weight excluding hydrogens is 242 g/mol. The summed E-state index contributed by atoms with van der Waals surface area (Å²) in [5, 5.41) is 0.708. The molecule has 1 aromatic rings. The number of thiazole rings is 1. The second-order valence-electron chi connectivity index (χ2n) is 6.52. The summed E-state index contributed by atoms with van der Waals surface area (Å²) < 4.78 is 0. The molecule has 4 N–H and O–H groups in total. The van der Waals surface area contributed by atoms with Crippen LogP contribution in [0.1, 0.15) is 48.6 Å². The molecule has 98 valence electrons. The van der Waals surface area contributed by atoms with E-state index in [1.54, 1.807) is 11.3 Å². The highest BCUT2D eigenvalue weighted by Crippen LogP contribution is 2.60. The van der Waals surface area contributed by atoms with Crippen LogP contribution >= 0.6 is 11.3 Å². The summed E-state index contributed by atoms with van der Waals surface area (Å²) in [7, 11) is 0. The fourth-order valence-corrected chi connectivity index (χ4v) is 5.93. The summed E-state index contributed by atoms with van der Waals surface area (Å²) in [6, 6.07) is 0. The quantitative estimate of drug-likeness (QED) is 0.862. The van der Waals surface area contributed by atoms with Gasteiger partial charge in [-0.1, -0.05) is 0 Å². The molecule has 4 saturated carbocycles. The van der Waals surface area contributed by atoms with Crippen molar-refractivity contribution < 1.29 is 0 Å². The van der Waals surface area contributed by atoms with Gasteiger partial charge in [0.15, 0.2) is 5.13 Å². The molecule has 5 rings (SSSR count). The molecule has 0 spiro atoms. The van der Waals surface area contributed by atoms with Gasteiger partial charge in [0, 0.05) is 17.3 Å². The van der Waals surface area contributed by atoms with Gasteiger partial charge < -0.3 is 11.5 Å². The van der Waals surface area contributed by atoms with Crippen LogP contribution in [0.15, 0.2) is 0 Å². The molecule has 0 saturated heterocycles. The molecule has 0 amide bonds. The van der Waals surface area contributed by atoms with Crippen molar-refractivity contribution in [2.45, 2.75) is 44.6 Å². The molecule has 0 unspecified atom stereocenters. The van der Waals surface area contributed by atoms with Crippen molar-refractivity contribution in [3.8, 4) is 0 Å². The number of nitrogens with zero attached hydrogens (tertiary/aromatic N) is 1. The van der Waals surface area contributed by atoms with Crippen molar-refractivity contribution in [2.24, 2.45) is 29.4 Å². The van der Waals surface area contributed by atoms with Crippen LogP contribution in [0.25, 0.3) is 0 Å². The van der Waals surface area contributed by atoms with Gasteiger partial charge in [-0.15, -0.1) is 11.3 Å². The number of aromatic nitrogens is 1. The molecular formula is C14H21N3S. The highest BCUT2D eigenvalue weighted by molar-refractivity contribution is 7.15. The monoisotopic (exact) mass is 263 g/mol. The first-order valence-electron chi connectivity index (χ1n) is 7.19. The van der Waals surface area contributed by atoms with E-state index in [1.807, 2.05) is 0 Å². The Kier molecular flexibility index (Phi) is 2.46. The summed E-state index contributed by atoms with van der Waals surface area (Å²) in [6.45, 7) is 0.604. The van der Waals surface area contributed by atoms with Gasteiger partial charge in [-0.25, -0.2) is 4.98 Å². The molecule has 1 aromatic heterocycles. The Bertz CT molecular complexity index is 440. The molecule has 1 heterocycles. The van der Waals surface area contributed by atoms with Crippen LogP contribution in [-0.4, -0.2) is 4.98 Å². The molecule has 4 fully saturated rings. The van der Waals surface area contributed by atoms with Gasteiger partial charge in [-0.3, -0.25) is 0 Å². The summed E-state index contributed by atoms with van der Waals surface area (Å²) in [6.07, 6.45) is 7.22. The molecule has 0 aromatic carbocycles. The van der Waals surface area contributed by atoms with E-state index < -0.39 is 0 Å². The van der Waals surface area contributed by atoms with Crippen molar-refractivity contribution in [1.29, 1.82) is 0 Å². The highest BCUT2D eigenvalue weighted by atomic mass is 32.1. The fraction of sp³-hybridized carbons (Fsp3) is 0.786. The number of nitrogens with two attached hydrogens (primary N) is 2. The minimum Gasteiger partial charge on any atom is -0.375 e. The largest absolute Gasteiger partial charge is 0.375 e. The SMILES string of the molecule is NCc1sc(N)nc1C1C2CC3CC(C2)CC1C3. The Morgan fingerprint density at radius 2 is 1.67 bits per heavy atom. The number of hydrogen-bond donors (Lipinski definition) is 2. The predicted molar refractivity (Wildman–Crippen MR) is 74.2 cm³/mol. The molecule has 0 radical (unpaired) electrons. The third-order valence-corrected chi connectivity index (χ3v) is 6.39. The normalized spacial score (nSPS) is 41.5. The van der Waals surface area contributed by atoms with Gasteiger partial charge >= 0.3 is 0 Å². The zero-order valence-corrected chi connectivity index (χ0v) is 11.5. The lowest BCUT2D eigenvalue weighted by atomic mass is 9.51. The van der Waals surface area contributed by atoms with Gasteiger partial charge in [-0.2, -0.15) is 0 Å². The molecule has 4 heteroatoms. The van der Waals surface area contributed by atoms with Crippen LogP contribution in [0, 0.1) is 23.7 Å². The average molecular weight is 263 g/mol. The molecule has 4 aliphatic carbocycles. The van der Waals surface area contributed by atoms with E-state index in [4.69, 9.17) is 11.5 Å². The van der Waals surface area contributed by atoms with Crippen molar-refractivity contribution in [3.63, 3.8) is 0 Å². The third kappa shape index (κ3) is 1.55. The van der Waals surface area contributed by atoms with Crippen LogP contribution in [0.3, 0.4) is 0 Å². The third-order valence-electron chi connectivity index (χ3n) is 5.47. The Morgan fingerprint density at radius 1 is 1.06 bits per heavy atom. The summed E-state index contributed by atoms with van der Waals surface area (Å²) in [5.41, 5.74) is 13.0. The minimum atomic E-state index is 0.604. The van der Waals surface area contributed by atoms with Crippen molar-refractivity contribution in [1.82, 2.24) is 4.98 Å². The molecule has 0 atom stereocenters. The summed E-state index contributed by atoms with van der Waals surface area (Å²) in [5.74, 6) is 4.44. The summed E-state index contributed by atoms with van der Waals surface area (Å²) in [4.78, 5) is 5.88. The Hall–Kier alpha value is -0.610. The fourth-order valence-electron chi connectivity index (χ4n) is 5.16. The Balaban J connectivity index is 1.72. The maximum Gasteiger partial charge on any atom is 0.180 e. The standard InChI is InChI=1S/C14H21N3S/c15-6-11-13(17-14(16)18-11)12-9-2-7-1-8(4-9)5-10(12)3-7/h7-10,12H,1-6,15H2,(H2,16,17). The number of rotatable bonds is 2. The lowest BCUT2D eigenvalue weighted by molar-refractivity contribution is -0.00418. The molecule has 0 aliphatic heterocycles. The van der Waals surface area contributed by atoms with E-state index in [-0.39, 0.29) is 0 Å². The van der Waals surface area contributed by atoms with Crippen LogP contribution < -0.4 is 11.5 Å². The average Bonchev–Trinajstić information content (AvgIpc) is 2.69. The van der Waals surface area contributed by atoms with Crippen molar-refractivity contribution in [3.05, 3.63) is 10.6 Å².